The Labute approximate surface area is 158 Å². The molecule has 0 atom stereocenters. The van der Waals surface area contributed by atoms with E-state index in [0.717, 1.165) is 40.5 Å². The van der Waals surface area contributed by atoms with E-state index >= 15 is 0 Å². The van der Waals surface area contributed by atoms with E-state index < -0.39 is 0 Å². The third-order valence-corrected chi connectivity index (χ3v) is 4.72. The van der Waals surface area contributed by atoms with E-state index in [4.69, 9.17) is 15.5 Å². The number of amidine groups is 1. The second kappa shape index (κ2) is 7.53. The molecule has 6 nitrogen and oxygen atoms in total. The van der Waals surface area contributed by atoms with Crippen LogP contribution in [0.25, 0.3) is 11.1 Å². The van der Waals surface area contributed by atoms with Crippen molar-refractivity contribution >= 4 is 17.2 Å². The van der Waals surface area contributed by atoms with Gasteiger partial charge in [0, 0.05) is 29.0 Å². The van der Waals surface area contributed by atoms with Crippen molar-refractivity contribution in [1.29, 1.82) is 0 Å². The summed E-state index contributed by atoms with van der Waals surface area (Å²) >= 11 is 0. The number of aromatic nitrogens is 1. The maximum absolute atomic E-state index is 8.83. The average molecular weight is 364 g/mol. The molecule has 0 spiro atoms. The highest BCUT2D eigenvalue weighted by atomic mass is 16.5. The van der Waals surface area contributed by atoms with Crippen LogP contribution in [-0.4, -0.2) is 22.7 Å². The molecule has 3 aromatic rings. The van der Waals surface area contributed by atoms with E-state index in [9.17, 15) is 0 Å². The van der Waals surface area contributed by atoms with E-state index in [1.807, 2.05) is 38.1 Å². The van der Waals surface area contributed by atoms with Crippen LogP contribution in [0.4, 0.5) is 11.4 Å². The molecule has 0 amide bonds. The van der Waals surface area contributed by atoms with E-state index in [-0.39, 0.29) is 5.84 Å². The Hall–Kier alpha value is -3.28. The molecule has 27 heavy (non-hydrogen) atoms. The van der Waals surface area contributed by atoms with Crippen LogP contribution < -0.4 is 10.6 Å². The largest absolute Gasteiger partial charge is 0.409 e. The first-order valence-corrected chi connectivity index (χ1v) is 8.85. The van der Waals surface area contributed by atoms with Crippen molar-refractivity contribution in [1.82, 2.24) is 5.16 Å². The fourth-order valence-corrected chi connectivity index (χ4v) is 3.31. The number of hydrogen-bond acceptors (Lipinski definition) is 5. The Morgan fingerprint density at radius 3 is 2.41 bits per heavy atom. The summed E-state index contributed by atoms with van der Waals surface area (Å²) < 4.78 is 5.33. The van der Waals surface area contributed by atoms with Gasteiger partial charge in [-0.25, -0.2) is 0 Å². The van der Waals surface area contributed by atoms with Gasteiger partial charge in [0.25, 0.3) is 0 Å². The minimum absolute atomic E-state index is 0.0983. The van der Waals surface area contributed by atoms with Gasteiger partial charge in [-0.1, -0.05) is 22.4 Å². The molecule has 0 unspecified atom stereocenters. The van der Waals surface area contributed by atoms with E-state index in [1.54, 1.807) is 0 Å². The quantitative estimate of drug-likeness (QED) is 0.301. The highest BCUT2D eigenvalue weighted by molar-refractivity contribution is 5.97. The first-order valence-electron chi connectivity index (χ1n) is 8.85. The van der Waals surface area contributed by atoms with Gasteiger partial charge in [0.1, 0.15) is 5.76 Å². The van der Waals surface area contributed by atoms with Crippen molar-refractivity contribution in [3.63, 3.8) is 0 Å². The highest BCUT2D eigenvalue weighted by Gasteiger charge is 2.16. The summed E-state index contributed by atoms with van der Waals surface area (Å²) in [7, 11) is 0. The summed E-state index contributed by atoms with van der Waals surface area (Å²) in [4.78, 5) is 2.23. The summed E-state index contributed by atoms with van der Waals surface area (Å²) in [5, 5.41) is 16.0. The van der Waals surface area contributed by atoms with Crippen molar-refractivity contribution < 1.29 is 9.73 Å². The molecule has 0 bridgehead atoms. The van der Waals surface area contributed by atoms with Crippen molar-refractivity contribution in [3.8, 4) is 11.1 Å². The van der Waals surface area contributed by atoms with Gasteiger partial charge in [-0.15, -0.1) is 0 Å². The minimum atomic E-state index is 0.0983. The van der Waals surface area contributed by atoms with Gasteiger partial charge in [0.05, 0.1) is 5.69 Å². The standard InChI is InChI=1S/C21H24N4O2/c1-5-25(18-10-8-16(9-11-18)21(22)23-26)19-12-17(7-6-13(19)2)20-14(3)24-27-15(20)4/h6-12,26H,5H2,1-4H3,(H2,22,23). The molecular weight excluding hydrogens is 340 g/mol. The van der Waals surface area contributed by atoms with Gasteiger partial charge >= 0.3 is 0 Å². The molecule has 0 aliphatic rings. The maximum Gasteiger partial charge on any atom is 0.170 e. The van der Waals surface area contributed by atoms with Crippen LogP contribution in [0.3, 0.4) is 0 Å². The number of oxime groups is 1. The zero-order chi connectivity index (χ0) is 19.6. The summed E-state index contributed by atoms with van der Waals surface area (Å²) in [5.74, 6) is 0.912. The lowest BCUT2D eigenvalue weighted by Crippen LogP contribution is -2.18. The topological polar surface area (TPSA) is 87.9 Å². The third kappa shape index (κ3) is 3.51. The molecule has 0 saturated heterocycles. The number of anilines is 2. The Kier molecular flexibility index (Phi) is 5.16. The lowest BCUT2D eigenvalue weighted by molar-refractivity contribution is 0.318. The van der Waals surface area contributed by atoms with Crippen LogP contribution in [-0.2, 0) is 0 Å². The van der Waals surface area contributed by atoms with Crippen LogP contribution in [0.15, 0.2) is 52.1 Å². The molecule has 1 aromatic heterocycles. The SMILES string of the molecule is CCN(c1ccc(C(N)=NO)cc1)c1cc(-c2c(C)noc2C)ccc1C. The fourth-order valence-electron chi connectivity index (χ4n) is 3.31. The van der Waals surface area contributed by atoms with Gasteiger partial charge in [0.15, 0.2) is 5.84 Å². The third-order valence-electron chi connectivity index (χ3n) is 4.72. The second-order valence-corrected chi connectivity index (χ2v) is 6.48. The van der Waals surface area contributed by atoms with E-state index in [1.165, 1.54) is 5.56 Å². The Balaban J connectivity index is 2.04. The predicted octanol–water partition coefficient (Wildman–Crippen LogP) is 4.52. The van der Waals surface area contributed by atoms with Crippen LogP contribution in [0, 0.1) is 20.8 Å². The van der Waals surface area contributed by atoms with Crippen molar-refractivity contribution in [2.45, 2.75) is 27.7 Å². The highest BCUT2D eigenvalue weighted by Crippen LogP contribution is 2.34. The maximum atomic E-state index is 8.83. The summed E-state index contributed by atoms with van der Waals surface area (Å²) in [6.07, 6.45) is 0. The number of nitrogens with zero attached hydrogens (tertiary/aromatic N) is 3. The zero-order valence-electron chi connectivity index (χ0n) is 16.0. The molecule has 3 rings (SSSR count). The van der Waals surface area contributed by atoms with Crippen LogP contribution >= 0.6 is 0 Å². The van der Waals surface area contributed by atoms with Gasteiger partial charge in [-0.3, -0.25) is 0 Å². The first kappa shape index (κ1) is 18.5. The van der Waals surface area contributed by atoms with E-state index in [0.29, 0.717) is 5.56 Å². The van der Waals surface area contributed by atoms with Crippen LogP contribution in [0.2, 0.25) is 0 Å². The van der Waals surface area contributed by atoms with Crippen LogP contribution in [0.1, 0.15) is 29.5 Å². The molecular formula is C21H24N4O2. The lowest BCUT2D eigenvalue weighted by Gasteiger charge is -2.26. The summed E-state index contributed by atoms with van der Waals surface area (Å²) in [6.45, 7) is 8.89. The smallest absolute Gasteiger partial charge is 0.170 e. The zero-order valence-corrected chi connectivity index (χ0v) is 16.0. The molecule has 2 aromatic carbocycles. The van der Waals surface area contributed by atoms with Gasteiger partial charge in [-0.2, -0.15) is 0 Å². The molecule has 140 valence electrons. The Bertz CT molecular complexity index is 955. The molecule has 0 aliphatic carbocycles. The number of rotatable bonds is 5. The minimum Gasteiger partial charge on any atom is -0.409 e. The van der Waals surface area contributed by atoms with Crippen molar-refractivity contribution in [2.75, 3.05) is 11.4 Å². The van der Waals surface area contributed by atoms with Gasteiger partial charge in [-0.05, 0) is 69.2 Å². The second-order valence-electron chi connectivity index (χ2n) is 6.48. The number of nitrogens with two attached hydrogens (primary N) is 1. The van der Waals surface area contributed by atoms with Crippen molar-refractivity contribution in [2.24, 2.45) is 10.9 Å². The molecule has 3 N–H and O–H groups in total. The normalized spacial score (nSPS) is 11.6. The molecule has 1 heterocycles. The monoisotopic (exact) mass is 364 g/mol. The van der Waals surface area contributed by atoms with E-state index in [2.05, 4.69) is 47.3 Å². The summed E-state index contributed by atoms with van der Waals surface area (Å²) in [5.41, 5.74) is 12.7. The van der Waals surface area contributed by atoms with Crippen LogP contribution in [0.5, 0.6) is 0 Å². The Morgan fingerprint density at radius 1 is 1.15 bits per heavy atom. The molecule has 6 heteroatoms. The van der Waals surface area contributed by atoms with Crippen molar-refractivity contribution in [3.05, 3.63) is 65.0 Å². The predicted molar refractivity (Wildman–Crippen MR) is 108 cm³/mol. The first-order chi connectivity index (χ1) is 13.0. The average Bonchev–Trinajstić information content (AvgIpc) is 3.02. The van der Waals surface area contributed by atoms with Gasteiger partial charge in [0.2, 0.25) is 0 Å². The molecule has 0 saturated carbocycles. The summed E-state index contributed by atoms with van der Waals surface area (Å²) in [6, 6.07) is 14.0. The molecule has 0 aliphatic heterocycles. The number of benzene rings is 2. The number of hydrogen-bond donors (Lipinski definition) is 2. The Morgan fingerprint density at radius 2 is 1.85 bits per heavy atom. The fraction of sp³-hybridized carbons (Fsp3) is 0.238. The molecule has 0 fully saturated rings. The molecule has 0 radical (unpaired) electrons. The van der Waals surface area contributed by atoms with Gasteiger partial charge < -0.3 is 20.4 Å². The number of aryl methyl sites for hydroxylation is 3. The lowest BCUT2D eigenvalue weighted by atomic mass is 10.0.